The molecule has 1 aromatic carbocycles. The number of carbonyl (C=O) groups is 1. The zero-order valence-electron chi connectivity index (χ0n) is 19.0. The van der Waals surface area contributed by atoms with Crippen LogP contribution in [-0.2, 0) is 21.0 Å². The molecule has 3 aromatic rings. The van der Waals surface area contributed by atoms with Crippen LogP contribution in [0.15, 0.2) is 49.1 Å². The molecule has 1 saturated carbocycles. The number of hydrogen-bond donors (Lipinski definition) is 4. The zero-order chi connectivity index (χ0) is 25.9. The minimum absolute atomic E-state index is 0.0722. The van der Waals surface area contributed by atoms with Crippen molar-refractivity contribution >= 4 is 21.9 Å². The molecule has 0 saturated heterocycles. The fourth-order valence-electron chi connectivity index (χ4n) is 3.86. The Bertz CT molecular complexity index is 1400. The van der Waals surface area contributed by atoms with Crippen molar-refractivity contribution in [2.24, 2.45) is 0 Å². The first-order valence-electron chi connectivity index (χ1n) is 10.8. The molecule has 14 heteroatoms. The molecule has 36 heavy (non-hydrogen) atoms. The van der Waals surface area contributed by atoms with Crippen molar-refractivity contribution in [2.45, 2.75) is 37.3 Å². The van der Waals surface area contributed by atoms with E-state index in [1.54, 1.807) is 29.1 Å². The number of aromatic nitrogens is 4. The van der Waals surface area contributed by atoms with Crippen LogP contribution in [0.1, 0.15) is 33.6 Å². The van der Waals surface area contributed by atoms with Gasteiger partial charge in [-0.3, -0.25) is 13.7 Å². The van der Waals surface area contributed by atoms with Gasteiger partial charge in [0.25, 0.3) is 0 Å². The molecule has 1 aliphatic carbocycles. The molecule has 1 aliphatic rings. The molecule has 4 N–H and O–H groups in total. The Labute approximate surface area is 206 Å². The maximum absolute atomic E-state index is 13.2. The Hall–Kier alpha value is -3.74. The van der Waals surface area contributed by atoms with E-state index in [0.29, 0.717) is 12.1 Å². The second-order valence-corrected chi connectivity index (χ2v) is 9.59. The first-order valence-corrected chi connectivity index (χ1v) is 12.2. The van der Waals surface area contributed by atoms with Crippen molar-refractivity contribution < 1.29 is 27.6 Å². The van der Waals surface area contributed by atoms with Gasteiger partial charge in [0.05, 0.1) is 29.8 Å². The fraction of sp³-hybridized carbons (Fsp3) is 0.318. The van der Waals surface area contributed by atoms with Crippen LogP contribution in [0.25, 0.3) is 0 Å². The molecule has 0 amide bonds. The van der Waals surface area contributed by atoms with Crippen molar-refractivity contribution in [1.29, 1.82) is 5.26 Å². The summed E-state index contributed by atoms with van der Waals surface area (Å²) in [4.78, 5) is 21.2. The first-order chi connectivity index (χ1) is 17.2. The standard InChI is InChI=1S/C22H23N7O6S/c1-24-36(33,34)35-18-8-17(20(31)21(18)32)27-22-15(10-25-12-26-22)19(30)16-5-6-29(28-16)11-14-4-2-3-13(7-14)9-23/h2-7,10,12,17-18,20-21,24,31-32H,8,11H2,1H3,(H,25,26,27)/t17-,18-,20+,21+/m1/s1. The van der Waals surface area contributed by atoms with Gasteiger partial charge in [-0.25, -0.2) is 9.97 Å². The number of rotatable bonds is 9. The van der Waals surface area contributed by atoms with Gasteiger partial charge in [0.1, 0.15) is 36.2 Å². The molecule has 1 fully saturated rings. The van der Waals surface area contributed by atoms with Crippen LogP contribution >= 0.6 is 0 Å². The van der Waals surface area contributed by atoms with E-state index in [4.69, 9.17) is 9.44 Å². The average Bonchev–Trinajstić information content (AvgIpc) is 3.44. The van der Waals surface area contributed by atoms with Crippen LogP contribution in [0, 0.1) is 11.3 Å². The predicted molar refractivity (Wildman–Crippen MR) is 125 cm³/mol. The van der Waals surface area contributed by atoms with E-state index >= 15 is 0 Å². The van der Waals surface area contributed by atoms with Crippen molar-refractivity contribution in [2.75, 3.05) is 12.4 Å². The van der Waals surface area contributed by atoms with Crippen molar-refractivity contribution in [3.05, 3.63) is 71.4 Å². The third kappa shape index (κ3) is 5.56. The topological polar surface area (TPSA) is 192 Å². The number of aliphatic hydroxyl groups is 2. The lowest BCUT2D eigenvalue weighted by Gasteiger charge is -2.19. The van der Waals surface area contributed by atoms with Gasteiger partial charge in [-0.15, -0.1) is 0 Å². The molecule has 0 bridgehead atoms. The molecule has 2 aromatic heterocycles. The van der Waals surface area contributed by atoms with Crippen LogP contribution in [0.5, 0.6) is 0 Å². The number of carbonyl (C=O) groups excluding carboxylic acids is 1. The summed E-state index contributed by atoms with van der Waals surface area (Å²) in [6.07, 6.45) is -0.0142. The molecule has 4 atom stereocenters. The number of ketones is 1. The molecule has 13 nitrogen and oxygen atoms in total. The number of aliphatic hydroxyl groups excluding tert-OH is 2. The van der Waals surface area contributed by atoms with Gasteiger partial charge in [-0.2, -0.15) is 23.5 Å². The molecular weight excluding hydrogens is 490 g/mol. The van der Waals surface area contributed by atoms with E-state index in [9.17, 15) is 23.4 Å². The second-order valence-electron chi connectivity index (χ2n) is 8.09. The van der Waals surface area contributed by atoms with Crippen LogP contribution in [0.3, 0.4) is 0 Å². The lowest BCUT2D eigenvalue weighted by molar-refractivity contribution is -0.00882. The second kappa shape index (κ2) is 10.5. The summed E-state index contributed by atoms with van der Waals surface area (Å²) in [7, 11) is -2.93. The highest BCUT2D eigenvalue weighted by Gasteiger charge is 2.44. The molecule has 0 unspecified atom stereocenters. The average molecular weight is 514 g/mol. The molecule has 4 rings (SSSR count). The summed E-state index contributed by atoms with van der Waals surface area (Å²) in [6.45, 7) is 0.349. The quantitative estimate of drug-likeness (QED) is 0.272. The van der Waals surface area contributed by atoms with Crippen LogP contribution in [0.2, 0.25) is 0 Å². The monoisotopic (exact) mass is 513 g/mol. The summed E-state index contributed by atoms with van der Waals surface area (Å²) in [5.41, 5.74) is 1.55. The van der Waals surface area contributed by atoms with E-state index in [1.807, 2.05) is 10.8 Å². The van der Waals surface area contributed by atoms with E-state index in [-0.39, 0.29) is 23.5 Å². The Morgan fingerprint density at radius 1 is 1.31 bits per heavy atom. The summed E-state index contributed by atoms with van der Waals surface area (Å²) < 4.78 is 31.8. The van der Waals surface area contributed by atoms with Gasteiger partial charge in [0.15, 0.2) is 0 Å². The van der Waals surface area contributed by atoms with E-state index in [1.165, 1.54) is 18.6 Å². The van der Waals surface area contributed by atoms with Crippen LogP contribution in [0.4, 0.5) is 5.82 Å². The summed E-state index contributed by atoms with van der Waals surface area (Å²) in [5, 5.41) is 36.9. The maximum Gasteiger partial charge on any atom is 0.335 e. The summed E-state index contributed by atoms with van der Waals surface area (Å²) >= 11 is 0. The van der Waals surface area contributed by atoms with Gasteiger partial charge in [-0.05, 0) is 23.8 Å². The van der Waals surface area contributed by atoms with Gasteiger partial charge in [-0.1, -0.05) is 12.1 Å². The minimum atomic E-state index is -4.09. The molecule has 188 valence electrons. The van der Waals surface area contributed by atoms with Crippen molar-refractivity contribution in [3.63, 3.8) is 0 Å². The molecule has 2 heterocycles. The minimum Gasteiger partial charge on any atom is -0.388 e. The normalized spacial score (nSPS) is 21.7. The highest BCUT2D eigenvalue weighted by Crippen LogP contribution is 2.28. The summed E-state index contributed by atoms with van der Waals surface area (Å²) in [5.74, 6) is -0.402. The SMILES string of the molecule is CNS(=O)(=O)O[C@@H]1C[C@@H](Nc2ncncc2C(=O)c2ccn(Cc3cccc(C#N)c3)n2)[C@H](O)[C@H]1O. The van der Waals surface area contributed by atoms with Gasteiger partial charge >= 0.3 is 10.3 Å². The maximum atomic E-state index is 13.2. The third-order valence-corrected chi connectivity index (χ3v) is 6.68. The molecule has 0 radical (unpaired) electrons. The number of anilines is 1. The Kier molecular flexibility index (Phi) is 7.38. The van der Waals surface area contributed by atoms with E-state index < -0.39 is 40.4 Å². The van der Waals surface area contributed by atoms with Crippen LogP contribution < -0.4 is 10.0 Å². The predicted octanol–water partition coefficient (Wildman–Crippen LogP) is -0.421. The lowest BCUT2D eigenvalue weighted by atomic mass is 10.1. The van der Waals surface area contributed by atoms with Crippen LogP contribution in [-0.4, -0.2) is 75.6 Å². The highest BCUT2D eigenvalue weighted by atomic mass is 32.2. The third-order valence-electron chi connectivity index (χ3n) is 5.68. The van der Waals surface area contributed by atoms with E-state index in [2.05, 4.69) is 26.5 Å². The van der Waals surface area contributed by atoms with Crippen molar-refractivity contribution in [1.82, 2.24) is 24.5 Å². The van der Waals surface area contributed by atoms with Gasteiger partial charge in [0, 0.05) is 25.9 Å². The first kappa shape index (κ1) is 25.4. The smallest absolute Gasteiger partial charge is 0.335 e. The fourth-order valence-corrected chi connectivity index (χ4v) is 4.47. The summed E-state index contributed by atoms with van der Waals surface area (Å²) in [6, 6.07) is 9.79. The molecule has 0 aliphatic heterocycles. The van der Waals surface area contributed by atoms with Gasteiger partial charge < -0.3 is 15.5 Å². The number of nitrogens with one attached hydrogen (secondary N) is 2. The zero-order valence-corrected chi connectivity index (χ0v) is 19.8. The Morgan fingerprint density at radius 3 is 2.86 bits per heavy atom. The number of hydrogen-bond acceptors (Lipinski definition) is 11. The highest BCUT2D eigenvalue weighted by molar-refractivity contribution is 7.84. The molecular formula is C22H23N7O6S. The van der Waals surface area contributed by atoms with Gasteiger partial charge in [0.2, 0.25) is 5.78 Å². The Balaban J connectivity index is 1.50. The van der Waals surface area contributed by atoms with Crippen molar-refractivity contribution in [3.8, 4) is 6.07 Å². The molecule has 0 spiro atoms. The number of nitrogens with zero attached hydrogens (tertiary/aromatic N) is 5. The lowest BCUT2D eigenvalue weighted by Crippen LogP contribution is -2.38. The van der Waals surface area contributed by atoms with E-state index in [0.717, 1.165) is 12.6 Å². The Morgan fingerprint density at radius 2 is 2.11 bits per heavy atom. The number of nitriles is 1. The largest absolute Gasteiger partial charge is 0.388 e. The number of benzene rings is 1.